The molecule has 0 atom stereocenters. The summed E-state index contributed by atoms with van der Waals surface area (Å²) in [4.78, 5) is 2.64. The number of hydrogen-bond donors (Lipinski definition) is 0. The molecule has 12 aromatic carbocycles. The Labute approximate surface area is 562 Å². The monoisotopic (exact) mass is 1230 g/mol. The van der Waals surface area contributed by atoms with Gasteiger partial charge >= 0.3 is 0 Å². The minimum atomic E-state index is -0.207. The van der Waals surface area contributed by atoms with Crippen LogP contribution in [0.25, 0.3) is 104 Å². The number of fused-ring (bicyclic) bond motifs is 3. The van der Waals surface area contributed by atoms with Gasteiger partial charge in [-0.15, -0.1) is 0 Å². The zero-order valence-corrected chi connectivity index (χ0v) is 60.1. The highest BCUT2D eigenvalue weighted by molar-refractivity contribution is 6.28. The molecule has 94 heavy (non-hydrogen) atoms. The van der Waals surface area contributed by atoms with Crippen molar-refractivity contribution in [2.45, 2.75) is 183 Å². The highest BCUT2D eigenvalue weighted by atomic mass is 15.1. The minimum Gasteiger partial charge on any atom is -0.309 e. The molecule has 0 radical (unpaired) electrons. The molecule has 0 N–H and O–H groups in total. The predicted octanol–water partition coefficient (Wildman–Crippen LogP) is 26.9. The van der Waals surface area contributed by atoms with Crippen LogP contribution >= 0.6 is 0 Å². The van der Waals surface area contributed by atoms with Crippen LogP contribution in [0.1, 0.15) is 184 Å². The van der Waals surface area contributed by atoms with Crippen LogP contribution in [-0.2, 0) is 37.9 Å². The molecular formula is C92H98N2. The fourth-order valence-electron chi connectivity index (χ4n) is 14.1. The molecule has 13 aromatic rings. The first-order valence-electron chi connectivity index (χ1n) is 34.4. The highest BCUT2D eigenvalue weighted by Gasteiger charge is 2.30. The predicted molar refractivity (Wildman–Crippen MR) is 412 cm³/mol. The molecule has 0 aliphatic rings. The Kier molecular flexibility index (Phi) is 15.3. The maximum absolute atomic E-state index is 2.64. The molecule has 0 unspecified atom stereocenters. The van der Waals surface area contributed by atoms with Crippen molar-refractivity contribution in [3.63, 3.8) is 0 Å². The van der Waals surface area contributed by atoms with Crippen molar-refractivity contribution in [3.05, 3.63) is 251 Å². The van der Waals surface area contributed by atoms with E-state index in [0.29, 0.717) is 0 Å². The van der Waals surface area contributed by atoms with E-state index in [-0.39, 0.29) is 37.9 Å². The van der Waals surface area contributed by atoms with Crippen LogP contribution in [0.4, 0.5) is 17.1 Å². The van der Waals surface area contributed by atoms with Gasteiger partial charge < -0.3 is 9.47 Å². The second-order valence-corrected chi connectivity index (χ2v) is 34.5. The summed E-state index contributed by atoms with van der Waals surface area (Å²) in [6.45, 7) is 49.3. The average molecular weight is 1230 g/mol. The number of hydrogen-bond acceptors (Lipinski definition) is 1. The molecule has 1 aromatic heterocycles. The molecule has 0 spiro atoms. The number of rotatable bonds is 8. The maximum Gasteiger partial charge on any atom is 0.0543 e. The van der Waals surface area contributed by atoms with Gasteiger partial charge in [0.1, 0.15) is 0 Å². The van der Waals surface area contributed by atoms with E-state index in [0.717, 1.165) is 17.1 Å². The van der Waals surface area contributed by atoms with Crippen molar-refractivity contribution in [3.8, 4) is 50.2 Å². The first-order chi connectivity index (χ1) is 44.0. The average Bonchev–Trinajstić information content (AvgIpc) is 1.36. The van der Waals surface area contributed by atoms with E-state index in [1.54, 1.807) is 0 Å². The van der Waals surface area contributed by atoms with Crippen LogP contribution in [-0.4, -0.2) is 4.57 Å². The van der Waals surface area contributed by atoms with Crippen molar-refractivity contribution in [2.24, 2.45) is 0 Å². The van der Waals surface area contributed by atoms with E-state index in [1.165, 1.54) is 143 Å². The number of anilines is 3. The number of benzene rings is 12. The minimum absolute atomic E-state index is 0.00294. The van der Waals surface area contributed by atoms with Crippen molar-refractivity contribution in [1.82, 2.24) is 4.57 Å². The van der Waals surface area contributed by atoms with Crippen LogP contribution in [0.2, 0.25) is 0 Å². The van der Waals surface area contributed by atoms with Crippen LogP contribution in [0, 0.1) is 0 Å². The largest absolute Gasteiger partial charge is 0.309 e. The first kappa shape index (κ1) is 64.0. The summed E-state index contributed by atoms with van der Waals surface area (Å²) in [5, 5.41) is 10.0. The lowest BCUT2D eigenvalue weighted by Gasteiger charge is -2.33. The van der Waals surface area contributed by atoms with Gasteiger partial charge in [-0.05, 0) is 198 Å². The van der Waals surface area contributed by atoms with Gasteiger partial charge in [-0.25, -0.2) is 0 Å². The van der Waals surface area contributed by atoms with Gasteiger partial charge in [0.05, 0.1) is 28.1 Å². The second kappa shape index (κ2) is 22.5. The molecule has 0 saturated heterocycles. The normalized spacial score (nSPS) is 13.2. The zero-order chi connectivity index (χ0) is 67.1. The standard InChI is InChI=1S/C92H98N2/c1-86(2,3)66-36-43-81-77(54-66)78-55-67(87(4,5)6)37-44-82(78)94(81)80-42-34-61-31-38-75-79(41-33-60-32-39-76(80)85(61)84(60)75)93(83-56-68(88(7,8)9)35-40-74(83)59-29-27-58(28-30-59)57-25-23-22-24-26-57)73-51-65(50-72(53-73)92(19,20)21)63-45-62(46-69(47-63)89(10,11)12)64-48-70(90(13,14)15)52-71(49-64)91(16,17)18/h22-56H,1-21H3. The van der Waals surface area contributed by atoms with Gasteiger partial charge in [-0.3, -0.25) is 0 Å². The van der Waals surface area contributed by atoms with Gasteiger partial charge in [0.15, 0.2) is 0 Å². The zero-order valence-electron chi connectivity index (χ0n) is 60.1. The summed E-state index contributed by atoms with van der Waals surface area (Å²) < 4.78 is 2.56. The molecule has 0 bridgehead atoms. The Morgan fingerprint density at radius 3 is 1.15 bits per heavy atom. The highest BCUT2D eigenvalue weighted by Crippen LogP contribution is 2.51. The topological polar surface area (TPSA) is 8.17 Å². The summed E-state index contributed by atoms with van der Waals surface area (Å²) in [5.41, 5.74) is 25.4. The quantitative estimate of drug-likeness (QED) is 0.138. The van der Waals surface area contributed by atoms with Gasteiger partial charge in [-0.1, -0.05) is 297 Å². The summed E-state index contributed by atoms with van der Waals surface area (Å²) in [6.07, 6.45) is 0. The molecule has 476 valence electrons. The van der Waals surface area contributed by atoms with Crippen LogP contribution in [0.15, 0.2) is 212 Å². The van der Waals surface area contributed by atoms with Crippen LogP contribution in [0.3, 0.4) is 0 Å². The Hall–Kier alpha value is -8.72. The maximum atomic E-state index is 2.64. The molecule has 0 amide bonds. The van der Waals surface area contributed by atoms with E-state index in [1.807, 2.05) is 0 Å². The van der Waals surface area contributed by atoms with Crippen molar-refractivity contribution in [1.29, 1.82) is 0 Å². The van der Waals surface area contributed by atoms with E-state index in [4.69, 9.17) is 0 Å². The molecule has 13 rings (SSSR count). The lowest BCUT2D eigenvalue weighted by atomic mass is 9.77. The molecule has 2 nitrogen and oxygen atoms in total. The van der Waals surface area contributed by atoms with Crippen molar-refractivity contribution >= 4 is 71.2 Å². The summed E-state index contributed by atoms with van der Waals surface area (Å²) in [5.74, 6) is 0. The second-order valence-electron chi connectivity index (χ2n) is 34.5. The van der Waals surface area contributed by atoms with E-state index < -0.39 is 0 Å². The third kappa shape index (κ3) is 11.8. The molecule has 0 aliphatic heterocycles. The Morgan fingerprint density at radius 1 is 0.245 bits per heavy atom. The van der Waals surface area contributed by atoms with Crippen molar-refractivity contribution < 1.29 is 0 Å². The molecular weight excluding hydrogens is 1130 g/mol. The lowest BCUT2D eigenvalue weighted by Crippen LogP contribution is -2.18. The van der Waals surface area contributed by atoms with E-state index in [2.05, 4.69) is 367 Å². The van der Waals surface area contributed by atoms with Gasteiger partial charge in [0.2, 0.25) is 0 Å². The Morgan fingerprint density at radius 2 is 0.638 bits per heavy atom. The number of nitrogens with zero attached hydrogens (tertiary/aromatic N) is 2. The third-order valence-corrected chi connectivity index (χ3v) is 20.2. The molecule has 0 saturated carbocycles. The summed E-state index contributed by atoms with van der Waals surface area (Å²) in [6, 6.07) is 83.1. The molecule has 0 fully saturated rings. The Balaban J connectivity index is 1.11. The van der Waals surface area contributed by atoms with Crippen LogP contribution in [0.5, 0.6) is 0 Å². The molecule has 1 heterocycles. The molecule has 2 heteroatoms. The molecule has 0 aliphatic carbocycles. The van der Waals surface area contributed by atoms with E-state index in [9.17, 15) is 0 Å². The fourth-order valence-corrected chi connectivity index (χ4v) is 14.1. The van der Waals surface area contributed by atoms with Crippen molar-refractivity contribution in [2.75, 3.05) is 4.90 Å². The first-order valence-corrected chi connectivity index (χ1v) is 34.4. The smallest absolute Gasteiger partial charge is 0.0543 e. The summed E-state index contributed by atoms with van der Waals surface area (Å²) >= 11 is 0. The third-order valence-electron chi connectivity index (χ3n) is 20.2. The van der Waals surface area contributed by atoms with Crippen LogP contribution < -0.4 is 4.90 Å². The Bertz CT molecular complexity index is 4970. The SMILES string of the molecule is CC(C)(C)c1cc(-c2cc(N(c3cc(C(C)(C)C)ccc3-c3ccc(-c4ccccc4)cc3)c3ccc4ccc5c(-n6c7ccc(C(C)(C)C)cc7c7cc(C(C)(C)C)ccc76)ccc6ccc3c4c65)cc(C(C)(C)C)c2)cc(-c2cc(C(C)(C)C)cc(C(C)(C)C)c2)c1. The fraction of sp³-hybridized carbons (Fsp3) is 0.304. The van der Waals surface area contributed by atoms with E-state index >= 15 is 0 Å². The summed E-state index contributed by atoms with van der Waals surface area (Å²) in [7, 11) is 0. The lowest BCUT2D eigenvalue weighted by molar-refractivity contribution is 0.569. The number of aromatic nitrogens is 1. The van der Waals surface area contributed by atoms with Gasteiger partial charge in [-0.2, -0.15) is 0 Å². The van der Waals surface area contributed by atoms with Gasteiger partial charge in [0.25, 0.3) is 0 Å². The van der Waals surface area contributed by atoms with Gasteiger partial charge in [0, 0.05) is 32.8 Å².